The molecule has 0 aliphatic rings. The minimum Gasteiger partial charge on any atom is -0.486 e. The van der Waals surface area contributed by atoms with Crippen molar-refractivity contribution in [2.45, 2.75) is 19.1 Å². The molecule has 2 aromatic carbocycles. The topological polar surface area (TPSA) is 78.3 Å². The molecule has 0 aromatic heterocycles. The number of nitrogens with two attached hydrogens (primary N) is 2. The van der Waals surface area contributed by atoms with E-state index < -0.39 is 11.9 Å². The molecule has 1 atom stereocenters. The number of carbonyl (C=O) groups is 1. The Morgan fingerprint density at radius 1 is 1.14 bits per heavy atom. The highest BCUT2D eigenvalue weighted by atomic mass is 35.5. The van der Waals surface area contributed by atoms with Crippen LogP contribution in [0.3, 0.4) is 0 Å². The molecule has 1 unspecified atom stereocenters. The number of rotatable bonds is 6. The van der Waals surface area contributed by atoms with E-state index in [0.717, 1.165) is 5.56 Å². The lowest BCUT2D eigenvalue weighted by molar-refractivity contribution is -0.118. The van der Waals surface area contributed by atoms with Gasteiger partial charge in [-0.05, 0) is 23.3 Å². The van der Waals surface area contributed by atoms with Gasteiger partial charge in [0.1, 0.15) is 6.61 Å². The molecule has 2 aromatic rings. The number of ether oxygens (including phenoxy) is 1. The van der Waals surface area contributed by atoms with Crippen LogP contribution in [0, 0.1) is 0 Å². The number of hydrogen-bond donors (Lipinski definition) is 2. The summed E-state index contributed by atoms with van der Waals surface area (Å²) in [5.41, 5.74) is 12.7. The Balaban J connectivity index is 2.14. The minimum atomic E-state index is -0.546. The molecule has 6 heteroatoms. The third kappa shape index (κ3) is 4.37. The average Bonchev–Trinajstić information content (AvgIpc) is 2.46. The largest absolute Gasteiger partial charge is 0.486 e. The zero-order valence-corrected chi connectivity index (χ0v) is 13.3. The summed E-state index contributed by atoms with van der Waals surface area (Å²) in [7, 11) is 0. The summed E-state index contributed by atoms with van der Waals surface area (Å²) in [6.45, 7) is 0.354. The van der Waals surface area contributed by atoms with Crippen LogP contribution in [-0.2, 0) is 11.4 Å². The van der Waals surface area contributed by atoms with E-state index in [4.69, 9.17) is 39.4 Å². The van der Waals surface area contributed by atoms with Gasteiger partial charge in [0, 0.05) is 12.5 Å². The van der Waals surface area contributed by atoms with Gasteiger partial charge in [0.15, 0.2) is 5.75 Å². The van der Waals surface area contributed by atoms with E-state index in [9.17, 15) is 4.79 Å². The number of benzene rings is 2. The quantitative estimate of drug-likeness (QED) is 0.846. The summed E-state index contributed by atoms with van der Waals surface area (Å²) < 4.78 is 5.67. The first-order valence-electron chi connectivity index (χ1n) is 6.67. The van der Waals surface area contributed by atoms with Crippen molar-refractivity contribution in [2.24, 2.45) is 11.5 Å². The van der Waals surface area contributed by atoms with Gasteiger partial charge in [-0.25, -0.2) is 0 Å². The highest BCUT2D eigenvalue weighted by molar-refractivity contribution is 6.37. The Morgan fingerprint density at radius 3 is 2.27 bits per heavy atom. The van der Waals surface area contributed by atoms with Crippen LogP contribution in [-0.4, -0.2) is 5.91 Å². The van der Waals surface area contributed by atoms with Gasteiger partial charge in [-0.3, -0.25) is 4.79 Å². The monoisotopic (exact) mass is 338 g/mol. The molecule has 0 saturated heterocycles. The molecule has 0 spiro atoms. The van der Waals surface area contributed by atoms with Crippen molar-refractivity contribution in [2.75, 3.05) is 0 Å². The first-order chi connectivity index (χ1) is 10.5. The van der Waals surface area contributed by atoms with Crippen LogP contribution in [0.5, 0.6) is 5.75 Å². The van der Waals surface area contributed by atoms with Crippen molar-refractivity contribution in [3.05, 3.63) is 63.6 Å². The second kappa shape index (κ2) is 7.49. The molecular weight excluding hydrogens is 323 g/mol. The molecule has 2 rings (SSSR count). The lowest BCUT2D eigenvalue weighted by Gasteiger charge is -2.15. The highest BCUT2D eigenvalue weighted by Gasteiger charge is 2.15. The van der Waals surface area contributed by atoms with Gasteiger partial charge in [0.25, 0.3) is 0 Å². The van der Waals surface area contributed by atoms with Crippen LogP contribution < -0.4 is 16.2 Å². The Morgan fingerprint density at radius 2 is 1.73 bits per heavy atom. The SMILES string of the molecule is NC(=O)CC(N)c1cc(Cl)c(OCc2ccccc2)c(Cl)c1. The van der Waals surface area contributed by atoms with E-state index >= 15 is 0 Å². The van der Waals surface area contributed by atoms with Gasteiger partial charge >= 0.3 is 0 Å². The number of halogens is 2. The van der Waals surface area contributed by atoms with E-state index in [1.54, 1.807) is 12.1 Å². The molecule has 0 bridgehead atoms. The lowest BCUT2D eigenvalue weighted by atomic mass is 10.0. The molecule has 116 valence electrons. The van der Waals surface area contributed by atoms with Gasteiger partial charge in [-0.2, -0.15) is 0 Å². The van der Waals surface area contributed by atoms with E-state index in [1.807, 2.05) is 30.3 Å². The van der Waals surface area contributed by atoms with Gasteiger partial charge < -0.3 is 16.2 Å². The first-order valence-corrected chi connectivity index (χ1v) is 7.42. The molecule has 0 heterocycles. The van der Waals surface area contributed by atoms with Crippen LogP contribution in [0.15, 0.2) is 42.5 Å². The van der Waals surface area contributed by atoms with Crippen LogP contribution >= 0.6 is 23.2 Å². The molecule has 22 heavy (non-hydrogen) atoms. The zero-order chi connectivity index (χ0) is 16.1. The summed E-state index contributed by atoms with van der Waals surface area (Å²) in [4.78, 5) is 10.9. The summed E-state index contributed by atoms with van der Waals surface area (Å²) in [6.07, 6.45) is 0.0247. The fourth-order valence-electron chi connectivity index (χ4n) is 2.00. The van der Waals surface area contributed by atoms with Crippen molar-refractivity contribution in [3.63, 3.8) is 0 Å². The van der Waals surface area contributed by atoms with Crippen molar-refractivity contribution >= 4 is 29.1 Å². The van der Waals surface area contributed by atoms with Crippen molar-refractivity contribution < 1.29 is 9.53 Å². The molecule has 4 nitrogen and oxygen atoms in total. The predicted molar refractivity (Wildman–Crippen MR) is 88.0 cm³/mol. The van der Waals surface area contributed by atoms with Gasteiger partial charge in [-0.1, -0.05) is 53.5 Å². The van der Waals surface area contributed by atoms with E-state index in [1.165, 1.54) is 0 Å². The van der Waals surface area contributed by atoms with Crippen molar-refractivity contribution in [3.8, 4) is 5.75 Å². The summed E-state index contributed by atoms with van der Waals surface area (Å²) in [5, 5.41) is 0.691. The normalized spacial score (nSPS) is 12.0. The van der Waals surface area contributed by atoms with E-state index in [-0.39, 0.29) is 6.42 Å². The number of primary amides is 1. The Hall–Kier alpha value is -1.75. The summed E-state index contributed by atoms with van der Waals surface area (Å²) in [6, 6.07) is 12.4. The fourth-order valence-corrected chi connectivity index (χ4v) is 2.61. The maximum absolute atomic E-state index is 10.9. The maximum Gasteiger partial charge on any atom is 0.219 e. The zero-order valence-electron chi connectivity index (χ0n) is 11.8. The van der Waals surface area contributed by atoms with E-state index in [2.05, 4.69) is 0 Å². The summed E-state index contributed by atoms with van der Waals surface area (Å²) >= 11 is 12.4. The number of carbonyl (C=O) groups excluding carboxylic acids is 1. The standard InChI is InChI=1S/C16H16Cl2N2O2/c17-12-6-11(14(19)8-15(20)21)7-13(18)16(12)22-9-10-4-2-1-3-5-10/h1-7,14H,8-9,19H2,(H2,20,21). The molecular formula is C16H16Cl2N2O2. The minimum absolute atomic E-state index is 0.0247. The Kier molecular flexibility index (Phi) is 5.66. The average molecular weight is 339 g/mol. The van der Waals surface area contributed by atoms with Crippen LogP contribution in [0.1, 0.15) is 23.6 Å². The highest BCUT2D eigenvalue weighted by Crippen LogP contribution is 2.36. The predicted octanol–water partition coefficient (Wildman–Crippen LogP) is 3.45. The molecule has 4 N–H and O–H groups in total. The van der Waals surface area contributed by atoms with Gasteiger partial charge in [0.05, 0.1) is 10.0 Å². The first kappa shape index (κ1) is 16.6. The third-order valence-electron chi connectivity index (χ3n) is 3.10. The van der Waals surface area contributed by atoms with Crippen molar-refractivity contribution in [1.29, 1.82) is 0 Å². The van der Waals surface area contributed by atoms with E-state index in [0.29, 0.717) is 28.0 Å². The molecule has 0 aliphatic carbocycles. The molecule has 0 radical (unpaired) electrons. The number of amides is 1. The smallest absolute Gasteiger partial charge is 0.219 e. The van der Waals surface area contributed by atoms with Crippen LogP contribution in [0.4, 0.5) is 0 Å². The molecule has 0 aliphatic heterocycles. The fraction of sp³-hybridized carbons (Fsp3) is 0.188. The van der Waals surface area contributed by atoms with Crippen molar-refractivity contribution in [1.82, 2.24) is 0 Å². The second-order valence-corrected chi connectivity index (χ2v) is 5.68. The molecule has 1 amide bonds. The lowest BCUT2D eigenvalue weighted by Crippen LogP contribution is -2.20. The van der Waals surface area contributed by atoms with Gasteiger partial charge in [0.2, 0.25) is 5.91 Å². The second-order valence-electron chi connectivity index (χ2n) is 4.86. The van der Waals surface area contributed by atoms with Gasteiger partial charge in [-0.15, -0.1) is 0 Å². The van der Waals surface area contributed by atoms with Crippen LogP contribution in [0.2, 0.25) is 10.0 Å². The third-order valence-corrected chi connectivity index (χ3v) is 3.66. The Labute approximate surface area is 139 Å². The van der Waals surface area contributed by atoms with Crippen LogP contribution in [0.25, 0.3) is 0 Å². The Bertz CT molecular complexity index is 639. The maximum atomic E-state index is 10.9. The molecule has 0 fully saturated rings. The molecule has 0 saturated carbocycles. The number of hydrogen-bond acceptors (Lipinski definition) is 3. The summed E-state index contributed by atoms with van der Waals surface area (Å²) in [5.74, 6) is -0.0913.